The number of carbonyl (C=O) groups is 1. The van der Waals surface area contributed by atoms with Crippen LogP contribution in [0, 0.1) is 5.92 Å². The fourth-order valence-electron chi connectivity index (χ4n) is 3.11. The van der Waals surface area contributed by atoms with E-state index in [2.05, 4.69) is 10.6 Å². The van der Waals surface area contributed by atoms with Crippen molar-refractivity contribution in [2.45, 2.75) is 13.0 Å². The minimum absolute atomic E-state index is 0.0648. The SMILES string of the molecule is COc1ccc(NC(=O)C(C)C(Nc2ccc(OC)cc2)c2ccccc2)cc1. The van der Waals surface area contributed by atoms with Crippen LogP contribution >= 0.6 is 0 Å². The lowest BCUT2D eigenvalue weighted by molar-refractivity contribution is -0.119. The highest BCUT2D eigenvalue weighted by molar-refractivity contribution is 5.93. The largest absolute Gasteiger partial charge is 0.497 e. The predicted octanol–water partition coefficient (Wildman–Crippen LogP) is 5.13. The summed E-state index contributed by atoms with van der Waals surface area (Å²) in [7, 11) is 3.26. The summed E-state index contributed by atoms with van der Waals surface area (Å²) in [5, 5.41) is 6.49. The van der Waals surface area contributed by atoms with Crippen molar-refractivity contribution in [3.8, 4) is 11.5 Å². The van der Waals surface area contributed by atoms with Gasteiger partial charge in [0.1, 0.15) is 11.5 Å². The summed E-state index contributed by atoms with van der Waals surface area (Å²) in [4.78, 5) is 13.0. The van der Waals surface area contributed by atoms with E-state index in [0.717, 1.165) is 28.4 Å². The van der Waals surface area contributed by atoms with Crippen LogP contribution in [0.15, 0.2) is 78.9 Å². The van der Waals surface area contributed by atoms with Crippen LogP contribution in [0.2, 0.25) is 0 Å². The molecule has 150 valence electrons. The highest BCUT2D eigenvalue weighted by Gasteiger charge is 2.25. The lowest BCUT2D eigenvalue weighted by Crippen LogP contribution is -2.30. The summed E-state index contributed by atoms with van der Waals surface area (Å²) >= 11 is 0. The van der Waals surface area contributed by atoms with Gasteiger partial charge in [-0.1, -0.05) is 37.3 Å². The minimum atomic E-state index is -0.318. The van der Waals surface area contributed by atoms with Gasteiger partial charge in [0.05, 0.1) is 26.2 Å². The Hall–Kier alpha value is -3.47. The monoisotopic (exact) mass is 390 g/mol. The van der Waals surface area contributed by atoms with Crippen LogP contribution in [0.3, 0.4) is 0 Å². The van der Waals surface area contributed by atoms with Gasteiger partial charge in [0, 0.05) is 11.4 Å². The number of hydrogen-bond donors (Lipinski definition) is 2. The molecule has 0 saturated heterocycles. The number of carbonyl (C=O) groups excluding carboxylic acids is 1. The quantitative estimate of drug-likeness (QED) is 0.560. The number of ether oxygens (including phenoxy) is 2. The first-order chi connectivity index (χ1) is 14.1. The molecule has 0 aliphatic carbocycles. The van der Waals surface area contributed by atoms with Gasteiger partial charge in [-0.3, -0.25) is 4.79 Å². The van der Waals surface area contributed by atoms with E-state index < -0.39 is 0 Å². The van der Waals surface area contributed by atoms with Gasteiger partial charge in [-0.05, 0) is 54.1 Å². The first-order valence-electron chi connectivity index (χ1n) is 9.51. The van der Waals surface area contributed by atoms with Gasteiger partial charge in [-0.2, -0.15) is 0 Å². The molecule has 5 heteroatoms. The number of rotatable bonds is 8. The Kier molecular flexibility index (Phi) is 6.74. The van der Waals surface area contributed by atoms with Crippen molar-refractivity contribution in [3.05, 3.63) is 84.4 Å². The molecular formula is C24H26N2O3. The molecule has 0 spiro atoms. The zero-order valence-corrected chi connectivity index (χ0v) is 16.9. The Balaban J connectivity index is 1.79. The molecule has 1 amide bonds. The van der Waals surface area contributed by atoms with Gasteiger partial charge < -0.3 is 20.1 Å². The van der Waals surface area contributed by atoms with Crippen molar-refractivity contribution in [1.29, 1.82) is 0 Å². The number of benzene rings is 3. The molecule has 0 saturated carbocycles. The van der Waals surface area contributed by atoms with Gasteiger partial charge >= 0.3 is 0 Å². The van der Waals surface area contributed by atoms with E-state index in [4.69, 9.17) is 9.47 Å². The minimum Gasteiger partial charge on any atom is -0.497 e. The highest BCUT2D eigenvalue weighted by atomic mass is 16.5. The Bertz CT molecular complexity index is 909. The fourth-order valence-corrected chi connectivity index (χ4v) is 3.11. The van der Waals surface area contributed by atoms with E-state index in [1.165, 1.54) is 0 Å². The Morgan fingerprint density at radius 3 is 1.79 bits per heavy atom. The molecule has 3 rings (SSSR count). The van der Waals surface area contributed by atoms with Crippen LogP contribution < -0.4 is 20.1 Å². The third-order valence-corrected chi connectivity index (χ3v) is 4.84. The van der Waals surface area contributed by atoms with E-state index in [0.29, 0.717) is 0 Å². The van der Waals surface area contributed by atoms with Crippen molar-refractivity contribution >= 4 is 17.3 Å². The van der Waals surface area contributed by atoms with Crippen molar-refractivity contribution < 1.29 is 14.3 Å². The fraction of sp³-hybridized carbons (Fsp3) is 0.208. The number of amides is 1. The Morgan fingerprint density at radius 2 is 1.28 bits per heavy atom. The lowest BCUT2D eigenvalue weighted by Gasteiger charge is -2.26. The van der Waals surface area contributed by atoms with Gasteiger partial charge in [-0.15, -0.1) is 0 Å². The summed E-state index contributed by atoms with van der Waals surface area (Å²) in [6.45, 7) is 1.92. The van der Waals surface area contributed by atoms with E-state index >= 15 is 0 Å². The average molecular weight is 390 g/mol. The van der Waals surface area contributed by atoms with Crippen molar-refractivity contribution in [2.24, 2.45) is 5.92 Å². The zero-order valence-electron chi connectivity index (χ0n) is 16.9. The number of hydrogen-bond acceptors (Lipinski definition) is 4. The van der Waals surface area contributed by atoms with E-state index in [-0.39, 0.29) is 17.9 Å². The predicted molar refractivity (Wildman–Crippen MR) is 117 cm³/mol. The normalized spacial score (nSPS) is 12.5. The first-order valence-corrected chi connectivity index (χ1v) is 9.51. The van der Waals surface area contributed by atoms with Crippen LogP contribution in [0.25, 0.3) is 0 Å². The van der Waals surface area contributed by atoms with Crippen LogP contribution in [-0.4, -0.2) is 20.1 Å². The standard InChI is InChI=1S/C24H26N2O3/c1-17(24(27)26-20-11-15-22(29-3)16-12-20)23(18-7-5-4-6-8-18)25-19-9-13-21(28-2)14-10-19/h4-17,23,25H,1-3H3,(H,26,27). The number of anilines is 2. The summed E-state index contributed by atoms with van der Waals surface area (Å²) < 4.78 is 10.4. The van der Waals surface area contributed by atoms with Crippen LogP contribution in [0.4, 0.5) is 11.4 Å². The Labute approximate surface area is 171 Å². The van der Waals surface area contributed by atoms with E-state index in [9.17, 15) is 4.79 Å². The zero-order chi connectivity index (χ0) is 20.6. The molecule has 2 unspecified atom stereocenters. The molecule has 0 radical (unpaired) electrons. The molecule has 0 aromatic heterocycles. The van der Waals surface area contributed by atoms with Crippen LogP contribution in [0.5, 0.6) is 11.5 Å². The molecule has 0 heterocycles. The second-order valence-corrected chi connectivity index (χ2v) is 6.77. The van der Waals surface area contributed by atoms with Gasteiger partial charge in [0.25, 0.3) is 0 Å². The number of methoxy groups -OCH3 is 2. The van der Waals surface area contributed by atoms with Crippen molar-refractivity contribution in [3.63, 3.8) is 0 Å². The van der Waals surface area contributed by atoms with E-state index in [1.807, 2.05) is 85.8 Å². The summed E-state index contributed by atoms with van der Waals surface area (Å²) in [5.41, 5.74) is 2.70. The highest BCUT2D eigenvalue weighted by Crippen LogP contribution is 2.29. The lowest BCUT2D eigenvalue weighted by atomic mass is 9.93. The summed E-state index contributed by atoms with van der Waals surface area (Å²) in [6.07, 6.45) is 0. The maximum atomic E-state index is 13.0. The summed E-state index contributed by atoms with van der Waals surface area (Å²) in [5.74, 6) is 1.16. The third-order valence-electron chi connectivity index (χ3n) is 4.84. The third kappa shape index (κ3) is 5.29. The van der Waals surface area contributed by atoms with Crippen LogP contribution in [0.1, 0.15) is 18.5 Å². The maximum Gasteiger partial charge on any atom is 0.229 e. The van der Waals surface area contributed by atoms with Crippen LogP contribution in [-0.2, 0) is 4.79 Å². The van der Waals surface area contributed by atoms with Gasteiger partial charge in [-0.25, -0.2) is 0 Å². The number of nitrogens with one attached hydrogen (secondary N) is 2. The molecule has 29 heavy (non-hydrogen) atoms. The molecule has 2 atom stereocenters. The molecule has 0 aliphatic rings. The second kappa shape index (κ2) is 9.64. The van der Waals surface area contributed by atoms with Crippen molar-refractivity contribution in [1.82, 2.24) is 0 Å². The van der Waals surface area contributed by atoms with E-state index in [1.54, 1.807) is 14.2 Å². The topological polar surface area (TPSA) is 59.6 Å². The molecule has 5 nitrogen and oxygen atoms in total. The molecular weight excluding hydrogens is 364 g/mol. The second-order valence-electron chi connectivity index (χ2n) is 6.77. The molecule has 0 aliphatic heterocycles. The smallest absolute Gasteiger partial charge is 0.229 e. The van der Waals surface area contributed by atoms with Gasteiger partial charge in [0.15, 0.2) is 0 Å². The molecule has 3 aromatic rings. The molecule has 0 bridgehead atoms. The van der Waals surface area contributed by atoms with Gasteiger partial charge in [0.2, 0.25) is 5.91 Å². The molecule has 0 fully saturated rings. The molecule has 2 N–H and O–H groups in total. The maximum absolute atomic E-state index is 13.0. The average Bonchev–Trinajstić information content (AvgIpc) is 2.78. The summed E-state index contributed by atoms with van der Waals surface area (Å²) in [6, 6.07) is 24.8. The Morgan fingerprint density at radius 1 is 0.759 bits per heavy atom. The van der Waals surface area contributed by atoms with Crippen molar-refractivity contribution in [2.75, 3.05) is 24.9 Å². The first kappa shape index (κ1) is 20.3. The molecule has 3 aromatic carbocycles.